The van der Waals surface area contributed by atoms with Crippen LogP contribution >= 0.6 is 11.8 Å². The van der Waals surface area contributed by atoms with Gasteiger partial charge in [0, 0.05) is 30.2 Å². The fraction of sp³-hybridized carbons (Fsp3) is 0.533. The number of nitrogens with one attached hydrogen (secondary N) is 1. The predicted molar refractivity (Wildman–Crippen MR) is 80.4 cm³/mol. The molecule has 1 aliphatic rings. The third kappa shape index (κ3) is 4.21. The van der Waals surface area contributed by atoms with Gasteiger partial charge in [0.05, 0.1) is 0 Å². The van der Waals surface area contributed by atoms with E-state index >= 15 is 0 Å². The largest absolute Gasteiger partial charge is 0.343 e. The first-order chi connectivity index (χ1) is 9.68. The summed E-state index contributed by atoms with van der Waals surface area (Å²) in [5.74, 6) is 0.562. The monoisotopic (exact) mass is 296 g/mol. The van der Waals surface area contributed by atoms with E-state index in [1.165, 1.54) is 17.8 Å². The van der Waals surface area contributed by atoms with Crippen molar-refractivity contribution in [2.75, 3.05) is 25.9 Å². The fourth-order valence-corrected chi connectivity index (χ4v) is 3.26. The van der Waals surface area contributed by atoms with Crippen LogP contribution in [0.3, 0.4) is 0 Å². The number of rotatable bonds is 5. The highest BCUT2D eigenvalue weighted by Gasteiger charge is 2.21. The van der Waals surface area contributed by atoms with Crippen molar-refractivity contribution in [3.63, 3.8) is 0 Å². The van der Waals surface area contributed by atoms with Gasteiger partial charge in [-0.15, -0.1) is 11.8 Å². The third-order valence-electron chi connectivity index (χ3n) is 3.66. The average molecular weight is 296 g/mol. The van der Waals surface area contributed by atoms with Gasteiger partial charge in [-0.1, -0.05) is 12.1 Å². The molecule has 1 saturated heterocycles. The Bertz CT molecular complexity index is 449. The minimum absolute atomic E-state index is 0.153. The second-order valence-electron chi connectivity index (χ2n) is 5.01. The Hall–Kier alpha value is -1.07. The van der Waals surface area contributed by atoms with Crippen LogP contribution in [0.1, 0.15) is 19.3 Å². The lowest BCUT2D eigenvalue weighted by Gasteiger charge is -2.31. The van der Waals surface area contributed by atoms with E-state index in [9.17, 15) is 9.18 Å². The number of hydrogen-bond acceptors (Lipinski definition) is 3. The number of carbonyl (C=O) groups is 1. The molecule has 0 bridgehead atoms. The molecule has 0 spiro atoms. The first kappa shape index (κ1) is 15.3. The van der Waals surface area contributed by atoms with Crippen LogP contribution in [0, 0.1) is 5.82 Å². The maximum Gasteiger partial charge on any atom is 0.223 e. The quantitative estimate of drug-likeness (QED) is 0.848. The normalized spacial score (nSPS) is 16.1. The van der Waals surface area contributed by atoms with E-state index < -0.39 is 0 Å². The topological polar surface area (TPSA) is 32.3 Å². The summed E-state index contributed by atoms with van der Waals surface area (Å²) in [4.78, 5) is 14.6. The van der Waals surface area contributed by atoms with Crippen LogP contribution in [0.15, 0.2) is 29.2 Å². The molecule has 0 unspecified atom stereocenters. The van der Waals surface area contributed by atoms with Crippen molar-refractivity contribution >= 4 is 17.7 Å². The SMILES string of the molecule is CN(C(=O)CCSc1ccccc1F)C1CCNCC1. The van der Waals surface area contributed by atoms with Crippen LogP contribution in [0.5, 0.6) is 0 Å². The predicted octanol–water partition coefficient (Wildman–Crippen LogP) is 2.52. The van der Waals surface area contributed by atoms with Gasteiger partial charge >= 0.3 is 0 Å². The van der Waals surface area contributed by atoms with E-state index in [-0.39, 0.29) is 11.7 Å². The van der Waals surface area contributed by atoms with Gasteiger partial charge in [0.25, 0.3) is 0 Å². The Balaban J connectivity index is 1.76. The van der Waals surface area contributed by atoms with Crippen LogP contribution in [-0.2, 0) is 4.79 Å². The number of halogens is 1. The Kier molecular flexibility index (Phi) is 5.86. The van der Waals surface area contributed by atoms with Gasteiger partial charge in [0.2, 0.25) is 5.91 Å². The summed E-state index contributed by atoms with van der Waals surface area (Å²) in [6, 6.07) is 7.04. The zero-order valence-electron chi connectivity index (χ0n) is 11.8. The maximum atomic E-state index is 13.4. The van der Waals surface area contributed by atoms with Crippen molar-refractivity contribution in [3.8, 4) is 0 Å². The molecule has 5 heteroatoms. The highest BCUT2D eigenvalue weighted by Crippen LogP contribution is 2.22. The molecule has 1 heterocycles. The number of thioether (sulfide) groups is 1. The molecule has 0 atom stereocenters. The molecule has 20 heavy (non-hydrogen) atoms. The first-order valence-electron chi connectivity index (χ1n) is 7.02. The lowest BCUT2D eigenvalue weighted by molar-refractivity contribution is -0.131. The molecule has 110 valence electrons. The van der Waals surface area contributed by atoms with Crippen LogP contribution in [0.4, 0.5) is 4.39 Å². The van der Waals surface area contributed by atoms with Crippen molar-refractivity contribution < 1.29 is 9.18 Å². The number of hydrogen-bond donors (Lipinski definition) is 1. The molecular weight excluding hydrogens is 275 g/mol. The van der Waals surface area contributed by atoms with E-state index in [0.717, 1.165) is 25.9 Å². The molecular formula is C15H21FN2OS. The van der Waals surface area contributed by atoms with Gasteiger partial charge in [0.15, 0.2) is 0 Å². The summed E-state index contributed by atoms with van der Waals surface area (Å²) >= 11 is 1.40. The van der Waals surface area contributed by atoms with Crippen LogP contribution in [0.2, 0.25) is 0 Å². The van der Waals surface area contributed by atoms with Gasteiger partial charge in [-0.25, -0.2) is 4.39 Å². The highest BCUT2D eigenvalue weighted by atomic mass is 32.2. The molecule has 0 radical (unpaired) electrons. The van der Waals surface area contributed by atoms with E-state index in [1.54, 1.807) is 12.1 Å². The van der Waals surface area contributed by atoms with Gasteiger partial charge in [-0.3, -0.25) is 4.79 Å². The standard InChI is InChI=1S/C15H21FN2OS/c1-18(12-6-9-17-10-7-12)15(19)8-11-20-14-5-3-2-4-13(14)16/h2-5,12,17H,6-11H2,1H3. The lowest BCUT2D eigenvalue weighted by Crippen LogP contribution is -2.44. The Morgan fingerprint density at radius 1 is 1.40 bits per heavy atom. The van der Waals surface area contributed by atoms with Crippen molar-refractivity contribution in [1.29, 1.82) is 0 Å². The summed E-state index contributed by atoms with van der Waals surface area (Å²) < 4.78 is 13.4. The Morgan fingerprint density at radius 3 is 2.80 bits per heavy atom. The minimum atomic E-state index is -0.211. The molecule has 1 aromatic rings. The second kappa shape index (κ2) is 7.64. The van der Waals surface area contributed by atoms with Gasteiger partial charge < -0.3 is 10.2 Å². The van der Waals surface area contributed by atoms with Crippen molar-refractivity contribution in [2.24, 2.45) is 0 Å². The van der Waals surface area contributed by atoms with Crippen molar-refractivity contribution in [2.45, 2.75) is 30.2 Å². The molecule has 0 aliphatic carbocycles. The van der Waals surface area contributed by atoms with E-state index in [1.807, 2.05) is 18.0 Å². The summed E-state index contributed by atoms with van der Waals surface area (Å²) in [6.45, 7) is 1.96. The average Bonchev–Trinajstić information content (AvgIpc) is 2.49. The smallest absolute Gasteiger partial charge is 0.223 e. The molecule has 1 aromatic carbocycles. The minimum Gasteiger partial charge on any atom is -0.343 e. The third-order valence-corrected chi connectivity index (χ3v) is 4.71. The molecule has 0 saturated carbocycles. The van der Waals surface area contributed by atoms with Gasteiger partial charge in [-0.2, -0.15) is 0 Å². The molecule has 2 rings (SSSR count). The van der Waals surface area contributed by atoms with Gasteiger partial charge in [-0.05, 0) is 38.1 Å². The van der Waals surface area contributed by atoms with E-state index in [4.69, 9.17) is 0 Å². The summed E-state index contributed by atoms with van der Waals surface area (Å²) in [7, 11) is 1.88. The summed E-state index contributed by atoms with van der Waals surface area (Å²) in [5, 5.41) is 3.30. The molecule has 1 amide bonds. The number of amides is 1. The van der Waals surface area contributed by atoms with Crippen LogP contribution in [0.25, 0.3) is 0 Å². The number of carbonyl (C=O) groups excluding carboxylic acids is 1. The van der Waals surface area contributed by atoms with Gasteiger partial charge in [0.1, 0.15) is 5.82 Å². The summed E-state index contributed by atoms with van der Waals surface area (Å²) in [5.41, 5.74) is 0. The number of benzene rings is 1. The van der Waals surface area contributed by atoms with E-state index in [0.29, 0.717) is 23.1 Å². The molecule has 0 aromatic heterocycles. The van der Waals surface area contributed by atoms with E-state index in [2.05, 4.69) is 5.32 Å². The summed E-state index contributed by atoms with van der Waals surface area (Å²) in [6.07, 6.45) is 2.49. The zero-order chi connectivity index (χ0) is 14.4. The number of nitrogens with zero attached hydrogens (tertiary/aromatic N) is 1. The lowest BCUT2D eigenvalue weighted by atomic mass is 10.1. The molecule has 1 fully saturated rings. The first-order valence-corrected chi connectivity index (χ1v) is 8.01. The molecule has 3 nitrogen and oxygen atoms in total. The second-order valence-corrected chi connectivity index (χ2v) is 6.15. The highest BCUT2D eigenvalue weighted by molar-refractivity contribution is 7.99. The van der Waals surface area contributed by atoms with Crippen molar-refractivity contribution in [1.82, 2.24) is 10.2 Å². The fourth-order valence-electron chi connectivity index (χ4n) is 2.38. The Morgan fingerprint density at radius 2 is 2.10 bits per heavy atom. The van der Waals surface area contributed by atoms with Crippen LogP contribution in [-0.4, -0.2) is 42.7 Å². The van der Waals surface area contributed by atoms with Crippen molar-refractivity contribution in [3.05, 3.63) is 30.1 Å². The maximum absolute atomic E-state index is 13.4. The zero-order valence-corrected chi connectivity index (χ0v) is 12.6. The van der Waals surface area contributed by atoms with Crippen LogP contribution < -0.4 is 5.32 Å². The Labute approximate surface area is 123 Å². The number of piperidine rings is 1. The molecule has 1 aliphatic heterocycles. The molecule has 1 N–H and O–H groups in total.